The van der Waals surface area contributed by atoms with Gasteiger partial charge in [-0.15, -0.1) is 0 Å². The van der Waals surface area contributed by atoms with Gasteiger partial charge in [0, 0.05) is 12.3 Å². The molecule has 0 bridgehead atoms. The van der Waals surface area contributed by atoms with Crippen LogP contribution in [-0.2, 0) is 0 Å². The van der Waals surface area contributed by atoms with Crippen molar-refractivity contribution in [2.24, 2.45) is 0 Å². The molecule has 0 fully saturated rings. The molecule has 0 spiro atoms. The summed E-state index contributed by atoms with van der Waals surface area (Å²) in [7, 11) is 0. The zero-order valence-electron chi connectivity index (χ0n) is 9.66. The lowest BCUT2D eigenvalue weighted by Crippen LogP contribution is -1.97. The van der Waals surface area contributed by atoms with Gasteiger partial charge >= 0.3 is 0 Å². The first-order valence-electron chi connectivity index (χ1n) is 5.22. The number of nitro groups is 1. The average Bonchev–Trinajstić information content (AvgIpc) is 2.34. The number of pyridine rings is 1. The van der Waals surface area contributed by atoms with E-state index in [4.69, 9.17) is 10.5 Å². The normalized spacial score (nSPS) is 10.1. The Labute approximate surface area is 103 Å². The van der Waals surface area contributed by atoms with Crippen molar-refractivity contribution in [3.8, 4) is 11.6 Å². The molecule has 6 nitrogen and oxygen atoms in total. The summed E-state index contributed by atoms with van der Waals surface area (Å²) in [5.41, 5.74) is 6.51. The van der Waals surface area contributed by atoms with Gasteiger partial charge in [-0.3, -0.25) is 10.1 Å². The quantitative estimate of drug-likeness (QED) is 0.663. The summed E-state index contributed by atoms with van der Waals surface area (Å²) < 4.78 is 5.49. The Hall–Kier alpha value is -2.63. The summed E-state index contributed by atoms with van der Waals surface area (Å²) in [6.45, 7) is 1.62. The second kappa shape index (κ2) is 4.70. The van der Waals surface area contributed by atoms with E-state index in [1.165, 1.54) is 6.07 Å². The highest BCUT2D eigenvalue weighted by atomic mass is 16.6. The molecule has 6 heteroatoms. The molecule has 2 N–H and O–H groups in total. The van der Waals surface area contributed by atoms with Crippen LogP contribution in [0.15, 0.2) is 36.5 Å². The fourth-order valence-corrected chi connectivity index (χ4v) is 1.50. The van der Waals surface area contributed by atoms with Gasteiger partial charge in [0.05, 0.1) is 16.2 Å². The van der Waals surface area contributed by atoms with Crippen molar-refractivity contribution in [2.45, 2.75) is 6.92 Å². The van der Waals surface area contributed by atoms with E-state index in [9.17, 15) is 10.1 Å². The molecule has 0 amide bonds. The number of nitrogen functional groups attached to an aromatic ring is 1. The van der Waals surface area contributed by atoms with Crippen LogP contribution >= 0.6 is 0 Å². The zero-order chi connectivity index (χ0) is 13.1. The van der Waals surface area contributed by atoms with Crippen LogP contribution in [0.1, 0.15) is 5.56 Å². The summed E-state index contributed by atoms with van der Waals surface area (Å²) in [5, 5.41) is 10.8. The van der Waals surface area contributed by atoms with E-state index in [1.54, 1.807) is 37.4 Å². The van der Waals surface area contributed by atoms with Crippen LogP contribution in [0.5, 0.6) is 11.6 Å². The van der Waals surface area contributed by atoms with E-state index in [1.807, 2.05) is 0 Å². The molecule has 0 aliphatic rings. The van der Waals surface area contributed by atoms with Gasteiger partial charge in [-0.05, 0) is 25.1 Å². The Bertz CT molecular complexity index is 599. The first-order chi connectivity index (χ1) is 8.59. The number of rotatable bonds is 3. The van der Waals surface area contributed by atoms with Gasteiger partial charge in [-0.25, -0.2) is 4.98 Å². The van der Waals surface area contributed by atoms with Gasteiger partial charge in [0.1, 0.15) is 5.75 Å². The highest BCUT2D eigenvalue weighted by Gasteiger charge is 2.15. The van der Waals surface area contributed by atoms with Crippen molar-refractivity contribution in [1.82, 2.24) is 4.98 Å². The van der Waals surface area contributed by atoms with Gasteiger partial charge in [0.15, 0.2) is 0 Å². The summed E-state index contributed by atoms with van der Waals surface area (Å²) >= 11 is 0. The van der Waals surface area contributed by atoms with Crippen molar-refractivity contribution >= 4 is 11.4 Å². The highest BCUT2D eigenvalue weighted by Crippen LogP contribution is 2.31. The number of aromatic nitrogens is 1. The van der Waals surface area contributed by atoms with Gasteiger partial charge in [-0.1, -0.05) is 6.07 Å². The predicted octanol–water partition coefficient (Wildman–Crippen LogP) is 2.67. The van der Waals surface area contributed by atoms with E-state index in [0.717, 1.165) is 0 Å². The maximum atomic E-state index is 10.8. The Kier molecular flexibility index (Phi) is 3.09. The summed E-state index contributed by atoms with van der Waals surface area (Å²) in [4.78, 5) is 14.3. The van der Waals surface area contributed by atoms with E-state index < -0.39 is 4.92 Å². The minimum Gasteiger partial charge on any atom is -0.437 e. The second-order valence-electron chi connectivity index (χ2n) is 3.66. The standard InChI is InChI=1S/C12H11N3O3/c1-8-10(15(16)17)5-2-6-11(8)18-12-9(13)4-3-7-14-12/h2-7H,13H2,1H3. The van der Waals surface area contributed by atoms with Crippen molar-refractivity contribution in [1.29, 1.82) is 0 Å². The fraction of sp³-hybridized carbons (Fsp3) is 0.0833. The first kappa shape index (κ1) is 11.8. The number of hydrogen-bond acceptors (Lipinski definition) is 5. The zero-order valence-corrected chi connectivity index (χ0v) is 9.66. The van der Waals surface area contributed by atoms with Crippen LogP contribution < -0.4 is 10.5 Å². The third-order valence-electron chi connectivity index (χ3n) is 2.46. The predicted molar refractivity (Wildman–Crippen MR) is 66.6 cm³/mol. The summed E-state index contributed by atoms with van der Waals surface area (Å²) in [5.74, 6) is 0.607. The number of anilines is 1. The molecule has 2 rings (SSSR count). The number of ether oxygens (including phenoxy) is 1. The van der Waals surface area contributed by atoms with Crippen LogP contribution in [0.2, 0.25) is 0 Å². The van der Waals surface area contributed by atoms with Gasteiger partial charge in [-0.2, -0.15) is 0 Å². The van der Waals surface area contributed by atoms with Crippen LogP contribution in [0.3, 0.4) is 0 Å². The molecule has 92 valence electrons. The van der Waals surface area contributed by atoms with Crippen molar-refractivity contribution in [3.63, 3.8) is 0 Å². The molecule has 0 saturated carbocycles. The van der Waals surface area contributed by atoms with Crippen molar-refractivity contribution < 1.29 is 9.66 Å². The third-order valence-corrected chi connectivity index (χ3v) is 2.46. The molecule has 0 aliphatic carbocycles. The second-order valence-corrected chi connectivity index (χ2v) is 3.66. The van der Waals surface area contributed by atoms with E-state index >= 15 is 0 Å². The molecule has 0 saturated heterocycles. The monoisotopic (exact) mass is 245 g/mol. The molecular weight excluding hydrogens is 234 g/mol. The molecule has 0 unspecified atom stereocenters. The van der Waals surface area contributed by atoms with Gasteiger partial charge in [0.25, 0.3) is 5.69 Å². The maximum absolute atomic E-state index is 10.8. The Morgan fingerprint density at radius 2 is 2.11 bits per heavy atom. The van der Waals surface area contributed by atoms with E-state index in [-0.39, 0.29) is 11.6 Å². The molecular formula is C12H11N3O3. The fourth-order valence-electron chi connectivity index (χ4n) is 1.50. The number of hydrogen-bond donors (Lipinski definition) is 1. The Morgan fingerprint density at radius 1 is 1.33 bits per heavy atom. The Balaban J connectivity index is 2.39. The molecule has 0 radical (unpaired) electrons. The molecule has 1 aromatic carbocycles. The number of nitrogens with zero attached hydrogens (tertiary/aromatic N) is 2. The van der Waals surface area contributed by atoms with Crippen LogP contribution in [0.4, 0.5) is 11.4 Å². The van der Waals surface area contributed by atoms with E-state index in [2.05, 4.69) is 4.98 Å². The highest BCUT2D eigenvalue weighted by molar-refractivity contribution is 5.53. The van der Waals surface area contributed by atoms with Crippen molar-refractivity contribution in [3.05, 3.63) is 52.2 Å². The molecule has 2 aromatic rings. The lowest BCUT2D eigenvalue weighted by Gasteiger charge is -2.09. The topological polar surface area (TPSA) is 91.3 Å². The minimum absolute atomic E-state index is 0.00185. The third kappa shape index (κ3) is 2.22. The summed E-state index contributed by atoms with van der Waals surface area (Å²) in [6, 6.07) is 7.94. The SMILES string of the molecule is Cc1c(Oc2ncccc2N)cccc1[N+](=O)[O-]. The first-order valence-corrected chi connectivity index (χ1v) is 5.22. The van der Waals surface area contributed by atoms with Crippen molar-refractivity contribution in [2.75, 3.05) is 5.73 Å². The minimum atomic E-state index is -0.454. The van der Waals surface area contributed by atoms with Crippen LogP contribution in [-0.4, -0.2) is 9.91 Å². The number of benzene rings is 1. The number of nitrogens with two attached hydrogens (primary N) is 1. The largest absolute Gasteiger partial charge is 0.437 e. The van der Waals surface area contributed by atoms with Crippen LogP contribution in [0.25, 0.3) is 0 Å². The molecule has 0 aliphatic heterocycles. The molecule has 1 aromatic heterocycles. The summed E-state index contributed by atoms with van der Waals surface area (Å²) in [6.07, 6.45) is 1.54. The van der Waals surface area contributed by atoms with E-state index in [0.29, 0.717) is 17.0 Å². The molecule has 18 heavy (non-hydrogen) atoms. The van der Waals surface area contributed by atoms with Crippen LogP contribution in [0, 0.1) is 17.0 Å². The lowest BCUT2D eigenvalue weighted by molar-refractivity contribution is -0.385. The smallest absolute Gasteiger partial charge is 0.276 e. The Morgan fingerprint density at radius 3 is 2.78 bits per heavy atom. The lowest BCUT2D eigenvalue weighted by atomic mass is 10.2. The molecule has 0 atom stereocenters. The van der Waals surface area contributed by atoms with Gasteiger partial charge < -0.3 is 10.5 Å². The molecule has 1 heterocycles. The van der Waals surface area contributed by atoms with Gasteiger partial charge in [0.2, 0.25) is 5.88 Å². The number of nitro benzene ring substituents is 1. The maximum Gasteiger partial charge on any atom is 0.276 e. The average molecular weight is 245 g/mol.